The molecular formula is C17H19ClN2O3S. The summed E-state index contributed by atoms with van der Waals surface area (Å²) in [5.74, 6) is -0.0419. The van der Waals surface area contributed by atoms with Crippen LogP contribution < -0.4 is 9.64 Å². The molecule has 24 heavy (non-hydrogen) atoms. The van der Waals surface area contributed by atoms with E-state index in [1.54, 1.807) is 7.11 Å². The summed E-state index contributed by atoms with van der Waals surface area (Å²) in [6, 6.07) is 6.88. The van der Waals surface area contributed by atoms with Gasteiger partial charge in [-0.15, -0.1) is 0 Å². The lowest BCUT2D eigenvalue weighted by molar-refractivity contribution is -0.143. The summed E-state index contributed by atoms with van der Waals surface area (Å²) < 4.78 is 5.27. The molecule has 1 aliphatic rings. The zero-order valence-electron chi connectivity index (χ0n) is 13.3. The molecule has 1 saturated heterocycles. The molecule has 0 radical (unpaired) electrons. The molecule has 1 N–H and O–H groups in total. The van der Waals surface area contributed by atoms with Crippen molar-refractivity contribution in [1.82, 2.24) is 4.90 Å². The Balaban J connectivity index is 1.72. The molecule has 1 aliphatic heterocycles. The molecular weight excluding hydrogens is 348 g/mol. The first-order chi connectivity index (χ1) is 11.6. The van der Waals surface area contributed by atoms with Crippen molar-refractivity contribution in [1.29, 1.82) is 0 Å². The van der Waals surface area contributed by atoms with E-state index in [0.29, 0.717) is 18.1 Å². The van der Waals surface area contributed by atoms with E-state index in [9.17, 15) is 9.90 Å². The van der Waals surface area contributed by atoms with E-state index >= 15 is 0 Å². The van der Waals surface area contributed by atoms with Gasteiger partial charge in [0, 0.05) is 32.2 Å². The maximum absolute atomic E-state index is 11.7. The number of halogens is 1. The molecule has 0 bridgehead atoms. The fourth-order valence-corrected chi connectivity index (χ4v) is 3.94. The van der Waals surface area contributed by atoms with Gasteiger partial charge in [0.15, 0.2) is 0 Å². The van der Waals surface area contributed by atoms with Gasteiger partial charge in [-0.1, -0.05) is 11.6 Å². The molecule has 0 saturated carbocycles. The third kappa shape index (κ3) is 3.50. The molecule has 2 heterocycles. The highest BCUT2D eigenvalue weighted by Gasteiger charge is 2.31. The van der Waals surface area contributed by atoms with Gasteiger partial charge in [0.2, 0.25) is 0 Å². The summed E-state index contributed by atoms with van der Waals surface area (Å²) in [6.45, 7) is 2.78. The first kappa shape index (κ1) is 17.1. The van der Waals surface area contributed by atoms with Crippen LogP contribution in [0.4, 0.5) is 5.69 Å². The summed E-state index contributed by atoms with van der Waals surface area (Å²) in [5.41, 5.74) is 1.78. The van der Waals surface area contributed by atoms with E-state index in [1.807, 2.05) is 39.9 Å². The Hall–Kier alpha value is -1.76. The molecule has 1 unspecified atom stereocenters. The minimum atomic E-state index is -0.804. The highest BCUT2D eigenvalue weighted by molar-refractivity contribution is 7.08. The van der Waals surface area contributed by atoms with E-state index in [4.69, 9.17) is 16.3 Å². The Morgan fingerprint density at radius 1 is 1.29 bits per heavy atom. The van der Waals surface area contributed by atoms with Gasteiger partial charge >= 0.3 is 5.97 Å². The molecule has 7 heteroatoms. The second kappa shape index (κ2) is 7.42. The highest BCUT2D eigenvalue weighted by Crippen LogP contribution is 2.32. The van der Waals surface area contributed by atoms with Crippen LogP contribution in [0.1, 0.15) is 11.6 Å². The lowest BCUT2D eigenvalue weighted by atomic mass is 10.1. The third-order valence-electron chi connectivity index (χ3n) is 4.27. The Labute approximate surface area is 150 Å². The molecule has 3 rings (SSSR count). The molecule has 1 atom stereocenters. The van der Waals surface area contributed by atoms with Gasteiger partial charge in [-0.2, -0.15) is 11.3 Å². The molecule has 2 aromatic rings. The van der Waals surface area contributed by atoms with E-state index in [2.05, 4.69) is 4.90 Å². The van der Waals surface area contributed by atoms with Gasteiger partial charge < -0.3 is 14.7 Å². The SMILES string of the molecule is COc1ccc(Cl)c(N2CCN(C(C(=O)O)c3ccsc3)CC2)c1. The highest BCUT2D eigenvalue weighted by atomic mass is 35.5. The number of ether oxygens (including phenoxy) is 1. The van der Waals surface area contributed by atoms with Crippen LogP contribution in [-0.2, 0) is 4.79 Å². The van der Waals surface area contributed by atoms with Crippen LogP contribution in [0.5, 0.6) is 5.75 Å². The zero-order valence-corrected chi connectivity index (χ0v) is 14.9. The molecule has 0 aliphatic carbocycles. The number of methoxy groups -OCH3 is 1. The number of carbonyl (C=O) groups is 1. The number of nitrogens with zero attached hydrogens (tertiary/aromatic N) is 2. The average molecular weight is 367 g/mol. The molecule has 0 spiro atoms. The van der Waals surface area contributed by atoms with E-state index in [1.165, 1.54) is 11.3 Å². The van der Waals surface area contributed by atoms with E-state index < -0.39 is 12.0 Å². The Bertz CT molecular complexity index is 700. The smallest absolute Gasteiger partial charge is 0.325 e. The Morgan fingerprint density at radius 2 is 2.04 bits per heavy atom. The van der Waals surface area contributed by atoms with E-state index in [-0.39, 0.29) is 0 Å². The van der Waals surface area contributed by atoms with Crippen LogP contribution in [-0.4, -0.2) is 49.3 Å². The Morgan fingerprint density at radius 3 is 2.62 bits per heavy atom. The molecule has 0 amide bonds. The number of piperazine rings is 1. The number of thiophene rings is 1. The largest absolute Gasteiger partial charge is 0.497 e. The van der Waals surface area contributed by atoms with Crippen molar-refractivity contribution < 1.29 is 14.6 Å². The first-order valence-electron chi connectivity index (χ1n) is 7.67. The fraction of sp³-hybridized carbons (Fsp3) is 0.353. The lowest BCUT2D eigenvalue weighted by Gasteiger charge is -2.39. The summed E-state index contributed by atoms with van der Waals surface area (Å²) in [7, 11) is 1.63. The van der Waals surface area contributed by atoms with Gasteiger partial charge in [0.1, 0.15) is 11.8 Å². The van der Waals surface area contributed by atoms with Crippen LogP contribution in [0, 0.1) is 0 Å². The number of benzene rings is 1. The lowest BCUT2D eigenvalue weighted by Crippen LogP contribution is -2.49. The van der Waals surface area contributed by atoms with E-state index in [0.717, 1.165) is 30.1 Å². The summed E-state index contributed by atoms with van der Waals surface area (Å²) in [4.78, 5) is 15.9. The Kier molecular flexibility index (Phi) is 5.28. The first-order valence-corrected chi connectivity index (χ1v) is 8.99. The predicted molar refractivity (Wildman–Crippen MR) is 96.5 cm³/mol. The van der Waals surface area contributed by atoms with Crippen molar-refractivity contribution in [3.05, 3.63) is 45.6 Å². The van der Waals surface area contributed by atoms with Crippen LogP contribution in [0.2, 0.25) is 5.02 Å². The molecule has 128 valence electrons. The minimum Gasteiger partial charge on any atom is -0.497 e. The maximum Gasteiger partial charge on any atom is 0.325 e. The standard InChI is InChI=1S/C17H19ClN2O3S/c1-23-13-2-3-14(18)15(10-13)19-5-7-20(8-6-19)16(17(21)22)12-4-9-24-11-12/h2-4,9-11,16H,5-8H2,1H3,(H,21,22). The molecule has 1 fully saturated rings. The van der Waals surface area contributed by atoms with Gasteiger partial charge in [-0.05, 0) is 34.5 Å². The van der Waals surface area contributed by atoms with Gasteiger partial charge in [-0.25, -0.2) is 0 Å². The van der Waals surface area contributed by atoms with Gasteiger partial charge in [0.25, 0.3) is 0 Å². The van der Waals surface area contributed by atoms with Crippen molar-refractivity contribution in [2.45, 2.75) is 6.04 Å². The van der Waals surface area contributed by atoms with Crippen LogP contribution >= 0.6 is 22.9 Å². The average Bonchev–Trinajstić information content (AvgIpc) is 3.10. The molecule has 1 aromatic heterocycles. The second-order valence-corrected chi connectivity index (χ2v) is 6.83. The summed E-state index contributed by atoms with van der Waals surface area (Å²) in [6.07, 6.45) is 0. The van der Waals surface area contributed by atoms with Crippen LogP contribution in [0.25, 0.3) is 0 Å². The zero-order chi connectivity index (χ0) is 17.1. The van der Waals surface area contributed by atoms with Crippen LogP contribution in [0.15, 0.2) is 35.0 Å². The van der Waals surface area contributed by atoms with Crippen molar-refractivity contribution >= 4 is 34.6 Å². The normalized spacial score (nSPS) is 16.8. The number of aliphatic carboxylic acids is 1. The molecule has 1 aromatic carbocycles. The topological polar surface area (TPSA) is 53.0 Å². The van der Waals surface area contributed by atoms with Gasteiger partial charge in [0.05, 0.1) is 17.8 Å². The number of rotatable bonds is 5. The quantitative estimate of drug-likeness (QED) is 0.879. The monoisotopic (exact) mass is 366 g/mol. The van der Waals surface area contributed by atoms with Crippen LogP contribution in [0.3, 0.4) is 0 Å². The summed E-state index contributed by atoms with van der Waals surface area (Å²) >= 11 is 7.83. The number of carboxylic acids is 1. The van der Waals surface area contributed by atoms with Gasteiger partial charge in [-0.3, -0.25) is 9.69 Å². The second-order valence-electron chi connectivity index (χ2n) is 5.64. The minimum absolute atomic E-state index is 0.584. The predicted octanol–water partition coefficient (Wildman–Crippen LogP) is 3.36. The molecule has 5 nitrogen and oxygen atoms in total. The number of hydrogen-bond acceptors (Lipinski definition) is 5. The number of hydrogen-bond donors (Lipinski definition) is 1. The third-order valence-corrected chi connectivity index (χ3v) is 5.29. The van der Waals surface area contributed by atoms with Crippen molar-refractivity contribution in [2.24, 2.45) is 0 Å². The number of carboxylic acid groups (broad SMARTS) is 1. The van der Waals surface area contributed by atoms with Crippen molar-refractivity contribution in [2.75, 3.05) is 38.2 Å². The van der Waals surface area contributed by atoms with Crippen molar-refractivity contribution in [3.8, 4) is 5.75 Å². The fourth-order valence-electron chi connectivity index (χ4n) is 3.02. The maximum atomic E-state index is 11.7. The number of anilines is 1. The van der Waals surface area contributed by atoms with Crippen molar-refractivity contribution in [3.63, 3.8) is 0 Å². The summed E-state index contributed by atoms with van der Waals surface area (Å²) in [5, 5.41) is 14.1.